The van der Waals surface area contributed by atoms with Crippen molar-refractivity contribution in [2.24, 2.45) is 11.8 Å². The summed E-state index contributed by atoms with van der Waals surface area (Å²) in [6.45, 7) is 1.70. The van der Waals surface area contributed by atoms with Gasteiger partial charge in [0.2, 0.25) is 20.0 Å². The predicted molar refractivity (Wildman–Crippen MR) is 169 cm³/mol. The summed E-state index contributed by atoms with van der Waals surface area (Å²) in [5.74, 6) is -2.28. The Kier molecular flexibility index (Phi) is 10.8. The molecule has 14 heteroatoms. The maximum atomic E-state index is 13.0. The van der Waals surface area contributed by atoms with E-state index in [1.54, 1.807) is 0 Å². The van der Waals surface area contributed by atoms with E-state index in [1.165, 1.54) is 57.1 Å². The van der Waals surface area contributed by atoms with Crippen LogP contribution in [-0.2, 0) is 29.5 Å². The van der Waals surface area contributed by atoms with Gasteiger partial charge in [0.1, 0.15) is 4.33 Å². The van der Waals surface area contributed by atoms with Crippen LogP contribution in [0.15, 0.2) is 58.3 Å². The van der Waals surface area contributed by atoms with Crippen molar-refractivity contribution in [2.45, 2.75) is 65.5 Å². The number of esters is 2. The summed E-state index contributed by atoms with van der Waals surface area (Å²) >= 11 is 12.8. The van der Waals surface area contributed by atoms with E-state index < -0.39 is 48.2 Å². The lowest BCUT2D eigenvalue weighted by Gasteiger charge is -2.20. The quantitative estimate of drug-likeness (QED) is 0.243. The first kappa shape index (κ1) is 34.1. The molecule has 45 heavy (non-hydrogen) atoms. The molecule has 0 unspecified atom stereocenters. The molecule has 2 aliphatic heterocycles. The highest BCUT2D eigenvalue weighted by Crippen LogP contribution is 2.59. The second kappa shape index (κ2) is 14.3. The molecule has 246 valence electrons. The number of hydrogen-bond acceptors (Lipinski definition) is 8. The van der Waals surface area contributed by atoms with Gasteiger partial charge in [-0.05, 0) is 74.2 Å². The first-order valence-corrected chi connectivity index (χ1v) is 19.0. The molecule has 2 atom stereocenters. The molecule has 5 rings (SSSR count). The van der Waals surface area contributed by atoms with Crippen molar-refractivity contribution < 1.29 is 35.9 Å². The van der Waals surface area contributed by atoms with Crippen LogP contribution in [0.2, 0.25) is 0 Å². The molecule has 2 heterocycles. The number of hydrogen-bond donors (Lipinski definition) is 0. The number of sulfonamides is 2. The second-order valence-electron chi connectivity index (χ2n) is 11.8. The van der Waals surface area contributed by atoms with E-state index in [2.05, 4.69) is 0 Å². The summed E-state index contributed by atoms with van der Waals surface area (Å²) < 4.78 is 64.5. The second-order valence-corrected chi connectivity index (χ2v) is 17.1. The molecule has 3 fully saturated rings. The molecule has 3 aliphatic rings. The molecular formula is C31H38Cl2N2O8S2. The molecule has 0 bridgehead atoms. The van der Waals surface area contributed by atoms with E-state index in [4.69, 9.17) is 32.7 Å². The smallest absolute Gasteiger partial charge is 0.338 e. The monoisotopic (exact) mass is 700 g/mol. The molecule has 2 aromatic carbocycles. The van der Waals surface area contributed by atoms with Crippen molar-refractivity contribution >= 4 is 55.2 Å². The van der Waals surface area contributed by atoms with Crippen LogP contribution in [0.1, 0.15) is 72.1 Å². The molecule has 0 N–H and O–H groups in total. The van der Waals surface area contributed by atoms with Gasteiger partial charge in [-0.3, -0.25) is 0 Å². The fourth-order valence-electron chi connectivity index (χ4n) is 5.80. The van der Waals surface area contributed by atoms with Gasteiger partial charge in [0.15, 0.2) is 0 Å². The average molecular weight is 702 g/mol. The van der Waals surface area contributed by atoms with Gasteiger partial charge in [0.05, 0.1) is 34.1 Å². The Morgan fingerprint density at radius 3 is 1.22 bits per heavy atom. The first-order chi connectivity index (χ1) is 21.4. The summed E-state index contributed by atoms with van der Waals surface area (Å²) in [6, 6.07) is 11.3. The minimum atomic E-state index is -3.64. The zero-order valence-electron chi connectivity index (χ0n) is 24.9. The molecule has 1 aliphatic carbocycles. The van der Waals surface area contributed by atoms with Gasteiger partial charge in [-0.2, -0.15) is 8.61 Å². The Bertz CT molecular complexity index is 1450. The van der Waals surface area contributed by atoms with E-state index in [0.29, 0.717) is 26.2 Å². The molecule has 2 saturated heterocycles. The Morgan fingerprint density at radius 1 is 0.600 bits per heavy atom. The normalized spacial score (nSPS) is 23.0. The SMILES string of the molecule is O=C(OC[C@@H]1[C@@H](COC(=O)c2ccc(S(=O)(=O)N3CCCCCC3)cc2)C1(Cl)Cl)c1ccc(S(=O)(=O)N2CCCCCC2)cc1. The molecule has 1 saturated carbocycles. The molecular weight excluding hydrogens is 663 g/mol. The lowest BCUT2D eigenvalue weighted by Crippen LogP contribution is -2.31. The summed E-state index contributed by atoms with van der Waals surface area (Å²) in [5, 5.41) is 0. The number of halogens is 2. The number of carbonyl (C=O) groups excluding carboxylic acids is 2. The Hall–Kier alpha value is -2.22. The standard InChI is InChI=1S/C31H38Cl2N2O8S2/c32-31(33)27(21-42-29(36)23-9-13-25(14-10-23)44(38,39)34-17-5-1-2-6-18-34)28(31)22-43-30(37)24-11-15-26(16-12-24)45(40,41)35-19-7-3-4-8-20-35/h9-16,27-28H,1-8,17-22H2/t27-,28-/m1/s1. The minimum absolute atomic E-state index is 0.120. The third-order valence-corrected chi connectivity index (χ3v) is 13.7. The van der Waals surface area contributed by atoms with Gasteiger partial charge >= 0.3 is 11.9 Å². The lowest BCUT2D eigenvalue weighted by atomic mass is 10.2. The minimum Gasteiger partial charge on any atom is -0.462 e. The highest BCUT2D eigenvalue weighted by atomic mass is 35.5. The number of ether oxygens (including phenoxy) is 2. The van der Waals surface area contributed by atoms with Crippen LogP contribution >= 0.6 is 23.2 Å². The maximum absolute atomic E-state index is 13.0. The highest BCUT2D eigenvalue weighted by Gasteiger charge is 2.64. The van der Waals surface area contributed by atoms with Crippen LogP contribution in [0, 0.1) is 11.8 Å². The summed E-state index contributed by atoms with van der Waals surface area (Å²) in [6.07, 6.45) is 7.33. The number of carbonyl (C=O) groups is 2. The van der Waals surface area contributed by atoms with Crippen LogP contribution in [-0.4, -0.2) is 81.1 Å². The van der Waals surface area contributed by atoms with E-state index in [0.717, 1.165) is 51.4 Å². The van der Waals surface area contributed by atoms with Crippen LogP contribution in [0.4, 0.5) is 0 Å². The van der Waals surface area contributed by atoms with Crippen LogP contribution in [0.25, 0.3) is 0 Å². The van der Waals surface area contributed by atoms with Crippen LogP contribution < -0.4 is 0 Å². The van der Waals surface area contributed by atoms with Gasteiger partial charge in [0.25, 0.3) is 0 Å². The molecule has 0 aromatic heterocycles. The highest BCUT2D eigenvalue weighted by molar-refractivity contribution is 7.89. The molecule has 0 spiro atoms. The zero-order chi connectivity index (χ0) is 32.2. The van der Waals surface area contributed by atoms with Crippen molar-refractivity contribution in [3.05, 3.63) is 59.7 Å². The van der Waals surface area contributed by atoms with Gasteiger partial charge in [-0.1, -0.05) is 25.7 Å². The fraction of sp³-hybridized carbons (Fsp3) is 0.548. The van der Waals surface area contributed by atoms with Gasteiger partial charge in [-0.25, -0.2) is 26.4 Å². The summed E-state index contributed by atoms with van der Waals surface area (Å²) in [4.78, 5) is 25.6. The third-order valence-electron chi connectivity index (χ3n) is 8.74. The van der Waals surface area contributed by atoms with Crippen molar-refractivity contribution in [2.75, 3.05) is 39.4 Å². The number of nitrogens with zero attached hydrogens (tertiary/aromatic N) is 2. The summed E-state index contributed by atoms with van der Waals surface area (Å²) in [7, 11) is -7.28. The number of alkyl halides is 2. The fourth-order valence-corrected chi connectivity index (χ4v) is 9.57. The van der Waals surface area contributed by atoms with Gasteiger partial charge in [-0.15, -0.1) is 23.2 Å². The van der Waals surface area contributed by atoms with E-state index in [9.17, 15) is 26.4 Å². The Balaban J connectivity index is 1.10. The predicted octanol–water partition coefficient (Wildman–Crippen LogP) is 5.25. The largest absolute Gasteiger partial charge is 0.462 e. The molecule has 2 aromatic rings. The third kappa shape index (κ3) is 7.85. The van der Waals surface area contributed by atoms with Gasteiger partial charge in [0, 0.05) is 38.0 Å². The van der Waals surface area contributed by atoms with E-state index >= 15 is 0 Å². The maximum Gasteiger partial charge on any atom is 0.338 e. The average Bonchev–Trinajstić information content (AvgIpc) is 3.75. The van der Waals surface area contributed by atoms with Crippen molar-refractivity contribution in [1.29, 1.82) is 0 Å². The topological polar surface area (TPSA) is 127 Å². The first-order valence-electron chi connectivity index (χ1n) is 15.3. The lowest BCUT2D eigenvalue weighted by molar-refractivity contribution is 0.0419. The number of benzene rings is 2. The van der Waals surface area contributed by atoms with Crippen molar-refractivity contribution in [1.82, 2.24) is 8.61 Å². The Morgan fingerprint density at radius 2 is 0.911 bits per heavy atom. The summed E-state index contributed by atoms with van der Waals surface area (Å²) in [5.41, 5.74) is 0.369. The molecule has 10 nitrogen and oxygen atoms in total. The number of rotatable bonds is 10. The van der Waals surface area contributed by atoms with Crippen molar-refractivity contribution in [3.8, 4) is 0 Å². The zero-order valence-corrected chi connectivity index (χ0v) is 28.1. The van der Waals surface area contributed by atoms with Crippen molar-refractivity contribution in [3.63, 3.8) is 0 Å². The van der Waals surface area contributed by atoms with Gasteiger partial charge < -0.3 is 9.47 Å². The van der Waals surface area contributed by atoms with E-state index in [1.807, 2.05) is 0 Å². The van der Waals surface area contributed by atoms with E-state index in [-0.39, 0.29) is 34.1 Å². The van der Waals surface area contributed by atoms with Crippen LogP contribution in [0.5, 0.6) is 0 Å². The molecule has 0 radical (unpaired) electrons. The molecule has 0 amide bonds. The Labute approximate surface area is 275 Å². The van der Waals surface area contributed by atoms with Crippen LogP contribution in [0.3, 0.4) is 0 Å².